The van der Waals surface area contributed by atoms with E-state index in [-0.39, 0.29) is 6.03 Å². The lowest BCUT2D eigenvalue weighted by Crippen LogP contribution is -2.38. The van der Waals surface area contributed by atoms with Gasteiger partial charge in [0.2, 0.25) is 0 Å². The first-order valence-corrected chi connectivity index (χ1v) is 7.50. The molecule has 3 nitrogen and oxygen atoms in total. The molecule has 3 aromatic rings. The van der Waals surface area contributed by atoms with Crippen molar-refractivity contribution in [1.29, 1.82) is 0 Å². The minimum Gasteiger partial charge on any atom is -0.297 e. The summed E-state index contributed by atoms with van der Waals surface area (Å²) in [4.78, 5) is 16.5. The van der Waals surface area contributed by atoms with Gasteiger partial charge in [-0.25, -0.2) is 4.79 Å². The van der Waals surface area contributed by atoms with Crippen LogP contribution in [0.2, 0.25) is 0 Å². The van der Waals surface area contributed by atoms with Crippen molar-refractivity contribution in [1.82, 2.24) is 0 Å². The summed E-state index contributed by atoms with van der Waals surface area (Å²) in [7, 11) is 1.79. The molecule has 3 rings (SSSR count). The number of hydrogen-bond donors (Lipinski definition) is 0. The quantitative estimate of drug-likeness (QED) is 0.661. The third-order valence-electron chi connectivity index (χ3n) is 3.65. The monoisotopic (exact) mass is 302 g/mol. The summed E-state index contributed by atoms with van der Waals surface area (Å²) >= 11 is 0. The lowest BCUT2D eigenvalue weighted by atomic mass is 10.2. The van der Waals surface area contributed by atoms with Crippen molar-refractivity contribution in [3.8, 4) is 0 Å². The van der Waals surface area contributed by atoms with Crippen LogP contribution >= 0.6 is 0 Å². The molecular weight excluding hydrogens is 284 g/mol. The zero-order valence-electron chi connectivity index (χ0n) is 13.0. The first-order chi connectivity index (χ1) is 11.3. The summed E-state index contributed by atoms with van der Waals surface area (Å²) in [6.07, 6.45) is 0. The van der Waals surface area contributed by atoms with Crippen LogP contribution < -0.4 is 9.80 Å². The van der Waals surface area contributed by atoms with Crippen molar-refractivity contribution >= 4 is 23.1 Å². The first-order valence-electron chi connectivity index (χ1n) is 7.50. The highest BCUT2D eigenvalue weighted by Crippen LogP contribution is 2.27. The number of benzene rings is 3. The van der Waals surface area contributed by atoms with Gasteiger partial charge in [-0.2, -0.15) is 0 Å². The topological polar surface area (TPSA) is 23.6 Å². The predicted octanol–water partition coefficient (Wildman–Crippen LogP) is 5.08. The Labute approximate surface area is 136 Å². The maximum atomic E-state index is 13.1. The van der Waals surface area contributed by atoms with Gasteiger partial charge >= 0.3 is 6.03 Å². The highest BCUT2D eigenvalue weighted by Gasteiger charge is 2.22. The zero-order valence-corrected chi connectivity index (χ0v) is 13.0. The minimum absolute atomic E-state index is 0.103. The molecule has 0 saturated carbocycles. The van der Waals surface area contributed by atoms with Crippen LogP contribution in [0.15, 0.2) is 91.0 Å². The SMILES string of the molecule is CN(C(=O)N(c1ccccc1)c1ccccc1)c1ccccc1. The number of hydrogen-bond acceptors (Lipinski definition) is 1. The van der Waals surface area contributed by atoms with Gasteiger partial charge in [0.25, 0.3) is 0 Å². The molecule has 2 amide bonds. The largest absolute Gasteiger partial charge is 0.333 e. The van der Waals surface area contributed by atoms with E-state index in [2.05, 4.69) is 0 Å². The van der Waals surface area contributed by atoms with Crippen LogP contribution in [0.3, 0.4) is 0 Å². The van der Waals surface area contributed by atoms with Crippen LogP contribution in [0.4, 0.5) is 21.9 Å². The van der Waals surface area contributed by atoms with E-state index >= 15 is 0 Å². The van der Waals surface area contributed by atoms with Crippen molar-refractivity contribution in [2.24, 2.45) is 0 Å². The fraction of sp³-hybridized carbons (Fsp3) is 0.0500. The van der Waals surface area contributed by atoms with E-state index in [4.69, 9.17) is 0 Å². The maximum absolute atomic E-state index is 13.1. The van der Waals surface area contributed by atoms with E-state index in [1.54, 1.807) is 16.8 Å². The fourth-order valence-electron chi connectivity index (χ4n) is 2.44. The second-order valence-corrected chi connectivity index (χ2v) is 5.18. The molecule has 0 heterocycles. The maximum Gasteiger partial charge on any atom is 0.333 e. The Morgan fingerprint density at radius 2 is 0.957 bits per heavy atom. The Morgan fingerprint density at radius 3 is 1.35 bits per heavy atom. The van der Waals surface area contributed by atoms with E-state index in [0.717, 1.165) is 17.1 Å². The lowest BCUT2D eigenvalue weighted by Gasteiger charge is -2.28. The molecule has 0 spiro atoms. The second-order valence-electron chi connectivity index (χ2n) is 5.18. The number of amides is 2. The van der Waals surface area contributed by atoms with Gasteiger partial charge in [-0.3, -0.25) is 9.80 Å². The number of para-hydroxylation sites is 3. The third-order valence-corrected chi connectivity index (χ3v) is 3.65. The molecule has 0 fully saturated rings. The van der Waals surface area contributed by atoms with Gasteiger partial charge in [0.05, 0.1) is 11.4 Å². The van der Waals surface area contributed by atoms with Crippen molar-refractivity contribution in [3.05, 3.63) is 91.0 Å². The summed E-state index contributed by atoms with van der Waals surface area (Å²) in [6, 6.07) is 28.9. The van der Waals surface area contributed by atoms with Crippen molar-refractivity contribution in [2.75, 3.05) is 16.8 Å². The lowest BCUT2D eigenvalue weighted by molar-refractivity contribution is 0.254. The fourth-order valence-corrected chi connectivity index (χ4v) is 2.44. The zero-order chi connectivity index (χ0) is 16.1. The molecule has 3 aromatic carbocycles. The highest BCUT2D eigenvalue weighted by atomic mass is 16.2. The first kappa shape index (κ1) is 14.9. The summed E-state index contributed by atoms with van der Waals surface area (Å²) < 4.78 is 0. The van der Waals surface area contributed by atoms with Gasteiger partial charge in [0.15, 0.2) is 0 Å². The van der Waals surface area contributed by atoms with Crippen molar-refractivity contribution < 1.29 is 4.79 Å². The molecule has 3 heteroatoms. The van der Waals surface area contributed by atoms with Crippen LogP contribution in [0.5, 0.6) is 0 Å². The van der Waals surface area contributed by atoms with E-state index in [9.17, 15) is 4.79 Å². The Hall–Kier alpha value is -3.07. The number of nitrogens with zero attached hydrogens (tertiary/aromatic N) is 2. The van der Waals surface area contributed by atoms with E-state index in [1.807, 2.05) is 91.0 Å². The van der Waals surface area contributed by atoms with Crippen LogP contribution in [0.1, 0.15) is 0 Å². The molecule has 0 aliphatic carbocycles. The molecule has 0 radical (unpaired) electrons. The Kier molecular flexibility index (Phi) is 4.39. The van der Waals surface area contributed by atoms with Gasteiger partial charge in [0.1, 0.15) is 0 Å². The van der Waals surface area contributed by atoms with Gasteiger partial charge < -0.3 is 0 Å². The average molecular weight is 302 g/mol. The molecule has 0 atom stereocenters. The van der Waals surface area contributed by atoms with E-state index in [1.165, 1.54) is 0 Å². The molecule has 0 aliphatic rings. The second kappa shape index (κ2) is 6.79. The summed E-state index contributed by atoms with van der Waals surface area (Å²) in [5.74, 6) is 0. The molecule has 114 valence electrons. The van der Waals surface area contributed by atoms with Gasteiger partial charge in [-0.1, -0.05) is 54.6 Å². The van der Waals surface area contributed by atoms with Crippen LogP contribution in [0, 0.1) is 0 Å². The van der Waals surface area contributed by atoms with Gasteiger partial charge in [0, 0.05) is 12.7 Å². The van der Waals surface area contributed by atoms with Crippen LogP contribution in [0.25, 0.3) is 0 Å². The smallest absolute Gasteiger partial charge is 0.297 e. The Balaban J connectivity index is 2.00. The molecule has 23 heavy (non-hydrogen) atoms. The molecule has 0 bridgehead atoms. The Morgan fingerprint density at radius 1 is 0.609 bits per heavy atom. The molecule has 0 unspecified atom stereocenters. The standard InChI is InChI=1S/C20H18N2O/c1-21(17-11-5-2-6-12-17)20(23)22(18-13-7-3-8-14-18)19-15-9-4-10-16-19/h2-16H,1H3. The molecular formula is C20H18N2O. The molecule has 0 aliphatic heterocycles. The van der Waals surface area contributed by atoms with Crippen molar-refractivity contribution in [2.45, 2.75) is 0 Å². The Bertz CT molecular complexity index is 718. The van der Waals surface area contributed by atoms with E-state index in [0.29, 0.717) is 0 Å². The predicted molar refractivity (Wildman–Crippen MR) is 95.3 cm³/mol. The molecule has 0 N–H and O–H groups in total. The average Bonchev–Trinajstić information content (AvgIpc) is 2.64. The number of urea groups is 1. The van der Waals surface area contributed by atoms with Crippen LogP contribution in [-0.4, -0.2) is 13.1 Å². The number of carbonyl (C=O) groups excluding carboxylic acids is 1. The molecule has 0 saturated heterocycles. The molecule has 0 aromatic heterocycles. The summed E-state index contributed by atoms with van der Waals surface area (Å²) in [5, 5.41) is 0. The highest BCUT2D eigenvalue weighted by molar-refractivity contribution is 6.08. The minimum atomic E-state index is -0.103. The van der Waals surface area contributed by atoms with Crippen LogP contribution in [-0.2, 0) is 0 Å². The van der Waals surface area contributed by atoms with Gasteiger partial charge in [-0.15, -0.1) is 0 Å². The number of rotatable bonds is 3. The third kappa shape index (κ3) is 3.24. The number of anilines is 3. The summed E-state index contributed by atoms with van der Waals surface area (Å²) in [5.41, 5.74) is 2.53. The van der Waals surface area contributed by atoms with Gasteiger partial charge in [-0.05, 0) is 36.4 Å². The summed E-state index contributed by atoms with van der Waals surface area (Å²) in [6.45, 7) is 0. The normalized spacial score (nSPS) is 10.1. The number of carbonyl (C=O) groups is 1. The van der Waals surface area contributed by atoms with Crippen molar-refractivity contribution in [3.63, 3.8) is 0 Å². The van der Waals surface area contributed by atoms with E-state index < -0.39 is 0 Å².